The zero-order valence-electron chi connectivity index (χ0n) is 16.5. The Balaban J connectivity index is 1.41. The van der Waals surface area contributed by atoms with E-state index < -0.39 is 11.6 Å². The summed E-state index contributed by atoms with van der Waals surface area (Å²) < 4.78 is 5.49. The summed E-state index contributed by atoms with van der Waals surface area (Å²) in [6.45, 7) is 3.51. The largest absolute Gasteiger partial charge is 0.445 e. The number of hydrogen-bond donors (Lipinski definition) is 2. The van der Waals surface area contributed by atoms with Crippen molar-refractivity contribution < 1.29 is 19.1 Å². The molecule has 0 spiro atoms. The Bertz CT molecular complexity index is 965. The second kappa shape index (κ2) is 7.35. The van der Waals surface area contributed by atoms with E-state index in [1.165, 1.54) is 0 Å². The molecule has 2 aliphatic rings. The normalized spacial score (nSPS) is 21.5. The molecule has 0 aromatic heterocycles. The van der Waals surface area contributed by atoms with Crippen molar-refractivity contribution in [1.29, 1.82) is 0 Å². The number of carbonyl (C=O) groups excluding carboxylic acids is 3. The van der Waals surface area contributed by atoms with Crippen LogP contribution in [0.3, 0.4) is 0 Å². The van der Waals surface area contributed by atoms with Gasteiger partial charge in [0.2, 0.25) is 5.91 Å². The van der Waals surface area contributed by atoms with Gasteiger partial charge < -0.3 is 15.4 Å². The average molecular weight is 392 g/mol. The molecule has 150 valence electrons. The maximum Gasteiger partial charge on any atom is 0.339 e. The number of carbonyl (C=O) groups is 3. The third-order valence-electron chi connectivity index (χ3n) is 5.54. The van der Waals surface area contributed by atoms with Crippen molar-refractivity contribution in [2.45, 2.75) is 44.8 Å². The highest BCUT2D eigenvalue weighted by molar-refractivity contribution is 5.97. The Labute approximate surface area is 169 Å². The van der Waals surface area contributed by atoms with Crippen LogP contribution in [-0.4, -0.2) is 23.4 Å². The van der Waals surface area contributed by atoms with Crippen molar-refractivity contribution in [3.63, 3.8) is 0 Å². The van der Waals surface area contributed by atoms with E-state index in [2.05, 4.69) is 10.6 Å². The number of fused-ring (bicyclic) bond motifs is 1. The van der Waals surface area contributed by atoms with Gasteiger partial charge in [0.25, 0.3) is 5.91 Å². The predicted molar refractivity (Wildman–Crippen MR) is 108 cm³/mol. The van der Waals surface area contributed by atoms with E-state index in [4.69, 9.17) is 4.74 Å². The SMILES string of the molecule is CC(NC(=O)C1(C)Cc2ccccc2C(=O)O1)c1ccc(NC(=O)C2CC2)cc1. The molecule has 6 nitrogen and oxygen atoms in total. The van der Waals surface area contributed by atoms with Crippen molar-refractivity contribution in [2.75, 3.05) is 5.32 Å². The van der Waals surface area contributed by atoms with Crippen LogP contribution in [0.2, 0.25) is 0 Å². The molecular weight excluding hydrogens is 368 g/mol. The molecule has 2 atom stereocenters. The van der Waals surface area contributed by atoms with Gasteiger partial charge in [0.15, 0.2) is 5.60 Å². The zero-order chi connectivity index (χ0) is 20.6. The van der Waals surface area contributed by atoms with Crippen molar-refractivity contribution in [2.24, 2.45) is 5.92 Å². The monoisotopic (exact) mass is 392 g/mol. The molecule has 2 aromatic rings. The summed E-state index contributed by atoms with van der Waals surface area (Å²) >= 11 is 0. The van der Waals surface area contributed by atoms with Crippen molar-refractivity contribution >= 4 is 23.5 Å². The van der Waals surface area contributed by atoms with Gasteiger partial charge in [-0.05, 0) is 56.0 Å². The number of amides is 2. The highest BCUT2D eigenvalue weighted by Crippen LogP contribution is 2.31. The van der Waals surface area contributed by atoms with Gasteiger partial charge in [0, 0.05) is 18.0 Å². The minimum atomic E-state index is -1.25. The standard InChI is InChI=1S/C23H24N2O4/c1-14(15-9-11-18(12-10-15)25-20(26)16-7-8-16)24-22(28)23(2)13-17-5-3-4-6-19(17)21(27)29-23/h3-6,9-12,14,16H,7-8,13H2,1-2H3,(H,24,28)(H,25,26). The maximum absolute atomic E-state index is 12.9. The Morgan fingerprint density at radius 1 is 1.10 bits per heavy atom. The first-order valence-electron chi connectivity index (χ1n) is 9.89. The third-order valence-corrected chi connectivity index (χ3v) is 5.54. The summed E-state index contributed by atoms with van der Waals surface area (Å²) in [7, 11) is 0. The van der Waals surface area contributed by atoms with E-state index in [9.17, 15) is 14.4 Å². The van der Waals surface area contributed by atoms with Crippen molar-refractivity contribution in [3.8, 4) is 0 Å². The molecule has 1 fully saturated rings. The van der Waals surface area contributed by atoms with Crippen LogP contribution in [0.15, 0.2) is 48.5 Å². The van der Waals surface area contributed by atoms with Gasteiger partial charge in [-0.1, -0.05) is 30.3 Å². The molecule has 0 radical (unpaired) electrons. The van der Waals surface area contributed by atoms with Crippen LogP contribution in [0, 0.1) is 5.92 Å². The number of hydrogen-bond acceptors (Lipinski definition) is 4. The Kier molecular flexibility index (Phi) is 4.86. The van der Waals surface area contributed by atoms with Crippen LogP contribution in [-0.2, 0) is 20.7 Å². The first-order valence-corrected chi connectivity index (χ1v) is 9.89. The summed E-state index contributed by atoms with van der Waals surface area (Å²) in [6.07, 6.45) is 2.25. The molecule has 0 bridgehead atoms. The third kappa shape index (κ3) is 4.01. The summed E-state index contributed by atoms with van der Waals surface area (Å²) in [5.41, 5.74) is 1.71. The number of nitrogens with one attached hydrogen (secondary N) is 2. The fraction of sp³-hybridized carbons (Fsp3) is 0.348. The maximum atomic E-state index is 12.9. The zero-order valence-corrected chi connectivity index (χ0v) is 16.5. The van der Waals surface area contributed by atoms with E-state index in [0.29, 0.717) is 12.0 Å². The van der Waals surface area contributed by atoms with Crippen LogP contribution >= 0.6 is 0 Å². The lowest BCUT2D eigenvalue weighted by Gasteiger charge is -2.34. The van der Waals surface area contributed by atoms with E-state index in [-0.39, 0.29) is 23.8 Å². The second-order valence-corrected chi connectivity index (χ2v) is 8.03. The van der Waals surface area contributed by atoms with Crippen LogP contribution in [0.4, 0.5) is 5.69 Å². The molecule has 1 heterocycles. The lowest BCUT2D eigenvalue weighted by Crippen LogP contribution is -2.52. The molecule has 6 heteroatoms. The lowest BCUT2D eigenvalue weighted by atomic mass is 9.89. The van der Waals surface area contributed by atoms with Gasteiger partial charge in [-0.3, -0.25) is 9.59 Å². The predicted octanol–water partition coefficient (Wildman–Crippen LogP) is 3.38. The molecule has 2 N–H and O–H groups in total. The highest BCUT2D eigenvalue weighted by atomic mass is 16.6. The van der Waals surface area contributed by atoms with Crippen LogP contribution < -0.4 is 10.6 Å². The molecule has 1 saturated carbocycles. The molecule has 4 rings (SSSR count). The highest BCUT2D eigenvalue weighted by Gasteiger charge is 2.43. The van der Waals surface area contributed by atoms with Gasteiger partial charge in [-0.25, -0.2) is 4.79 Å². The number of anilines is 1. The number of rotatable bonds is 5. The molecule has 2 amide bonds. The van der Waals surface area contributed by atoms with E-state index >= 15 is 0 Å². The number of ether oxygens (including phenoxy) is 1. The minimum Gasteiger partial charge on any atom is -0.445 e. The fourth-order valence-corrected chi connectivity index (χ4v) is 3.54. The van der Waals surface area contributed by atoms with Gasteiger partial charge in [0.1, 0.15) is 0 Å². The topological polar surface area (TPSA) is 84.5 Å². The van der Waals surface area contributed by atoms with Crippen LogP contribution in [0.1, 0.15) is 54.2 Å². The molecule has 0 saturated heterocycles. The number of cyclic esters (lactones) is 1. The summed E-state index contributed by atoms with van der Waals surface area (Å²) in [5, 5.41) is 5.84. The number of benzene rings is 2. The Morgan fingerprint density at radius 2 is 1.79 bits per heavy atom. The fourth-order valence-electron chi connectivity index (χ4n) is 3.54. The van der Waals surface area contributed by atoms with Crippen molar-refractivity contribution in [3.05, 3.63) is 65.2 Å². The smallest absolute Gasteiger partial charge is 0.339 e. The molecule has 1 aliphatic heterocycles. The molecule has 1 aliphatic carbocycles. The van der Waals surface area contributed by atoms with Crippen LogP contribution in [0.5, 0.6) is 0 Å². The first-order chi connectivity index (χ1) is 13.9. The minimum absolute atomic E-state index is 0.0615. The first kappa shape index (κ1) is 19.2. The molecule has 29 heavy (non-hydrogen) atoms. The van der Waals surface area contributed by atoms with Gasteiger partial charge in [0.05, 0.1) is 11.6 Å². The summed E-state index contributed by atoms with van der Waals surface area (Å²) in [6, 6.07) is 14.3. The van der Waals surface area contributed by atoms with Crippen LogP contribution in [0.25, 0.3) is 0 Å². The van der Waals surface area contributed by atoms with Gasteiger partial charge in [-0.15, -0.1) is 0 Å². The van der Waals surface area contributed by atoms with Crippen molar-refractivity contribution in [1.82, 2.24) is 5.32 Å². The molecular formula is C23H24N2O4. The van der Waals surface area contributed by atoms with E-state index in [0.717, 1.165) is 29.7 Å². The lowest BCUT2D eigenvalue weighted by molar-refractivity contribution is -0.140. The quantitative estimate of drug-likeness (QED) is 0.764. The second-order valence-electron chi connectivity index (χ2n) is 8.03. The average Bonchev–Trinajstić information content (AvgIpc) is 3.54. The van der Waals surface area contributed by atoms with E-state index in [1.807, 2.05) is 43.3 Å². The summed E-state index contributed by atoms with van der Waals surface area (Å²) in [5.74, 6) is -0.602. The Morgan fingerprint density at radius 3 is 2.48 bits per heavy atom. The Hall–Kier alpha value is -3.15. The molecule has 2 unspecified atom stereocenters. The number of esters is 1. The molecule has 2 aromatic carbocycles. The van der Waals surface area contributed by atoms with Gasteiger partial charge >= 0.3 is 5.97 Å². The van der Waals surface area contributed by atoms with Gasteiger partial charge in [-0.2, -0.15) is 0 Å². The summed E-state index contributed by atoms with van der Waals surface area (Å²) in [4.78, 5) is 37.1. The van der Waals surface area contributed by atoms with E-state index in [1.54, 1.807) is 19.1 Å².